The van der Waals surface area contributed by atoms with Gasteiger partial charge in [0.25, 0.3) is 0 Å². The molecule has 30 heavy (non-hydrogen) atoms. The van der Waals surface area contributed by atoms with E-state index in [1.807, 2.05) is 37.3 Å². The van der Waals surface area contributed by atoms with Crippen molar-refractivity contribution in [2.45, 2.75) is 33.2 Å². The number of benzene rings is 2. The number of carbonyl (C=O) groups is 2. The third-order valence-electron chi connectivity index (χ3n) is 4.63. The van der Waals surface area contributed by atoms with E-state index in [0.29, 0.717) is 17.3 Å². The van der Waals surface area contributed by atoms with E-state index in [2.05, 4.69) is 26.2 Å². The minimum atomic E-state index is -0.458. The molecule has 0 saturated heterocycles. The van der Waals surface area contributed by atoms with E-state index in [4.69, 9.17) is 4.74 Å². The van der Waals surface area contributed by atoms with E-state index in [1.165, 1.54) is 6.92 Å². The van der Waals surface area contributed by atoms with Gasteiger partial charge in [-0.15, -0.1) is 5.10 Å². The topological polar surface area (TPSA) is 111 Å². The number of ether oxygens (including phenoxy) is 1. The molecule has 1 unspecified atom stereocenters. The number of carbonyl (C=O) groups excluding carboxylic acids is 2. The molecule has 1 atom stereocenters. The van der Waals surface area contributed by atoms with E-state index in [0.717, 1.165) is 16.8 Å². The number of anilines is 1. The molecule has 2 aromatic carbocycles. The summed E-state index contributed by atoms with van der Waals surface area (Å²) in [6, 6.07) is 12.3. The van der Waals surface area contributed by atoms with Gasteiger partial charge in [-0.25, -0.2) is 0 Å². The van der Waals surface area contributed by atoms with Crippen molar-refractivity contribution in [3.05, 3.63) is 59.4 Å². The molecule has 2 N–H and O–H groups in total. The minimum absolute atomic E-state index is 0.0824. The lowest BCUT2D eigenvalue weighted by Gasteiger charge is -2.19. The summed E-state index contributed by atoms with van der Waals surface area (Å²) in [7, 11) is 1.58. The number of tetrazole rings is 1. The van der Waals surface area contributed by atoms with Crippen molar-refractivity contribution in [2.75, 3.05) is 12.4 Å². The molecule has 0 bridgehead atoms. The smallest absolute Gasteiger partial charge is 0.226 e. The molecule has 156 valence electrons. The van der Waals surface area contributed by atoms with E-state index >= 15 is 0 Å². The number of rotatable bonds is 7. The highest BCUT2D eigenvalue weighted by atomic mass is 16.5. The monoisotopic (exact) mass is 408 g/mol. The Kier molecular flexibility index (Phi) is 6.41. The molecule has 0 spiro atoms. The number of nitrogens with zero attached hydrogens (tertiary/aromatic N) is 4. The Morgan fingerprint density at radius 2 is 1.87 bits per heavy atom. The molecule has 1 heterocycles. The summed E-state index contributed by atoms with van der Waals surface area (Å²) in [5, 5.41) is 17.3. The normalized spacial score (nSPS) is 11.6. The van der Waals surface area contributed by atoms with Crippen LogP contribution in [0.3, 0.4) is 0 Å². The van der Waals surface area contributed by atoms with Crippen molar-refractivity contribution in [1.29, 1.82) is 0 Å². The lowest BCUT2D eigenvalue weighted by Crippen LogP contribution is -2.29. The van der Waals surface area contributed by atoms with E-state index in [-0.39, 0.29) is 18.2 Å². The van der Waals surface area contributed by atoms with Crippen molar-refractivity contribution >= 4 is 17.5 Å². The van der Waals surface area contributed by atoms with Gasteiger partial charge in [0.15, 0.2) is 5.82 Å². The van der Waals surface area contributed by atoms with Crippen LogP contribution in [-0.4, -0.2) is 39.1 Å². The highest BCUT2D eigenvalue weighted by Crippen LogP contribution is 2.23. The van der Waals surface area contributed by atoms with Crippen LogP contribution in [0, 0.1) is 13.8 Å². The number of hydrogen-bond donors (Lipinski definition) is 2. The fourth-order valence-electron chi connectivity index (χ4n) is 3.10. The van der Waals surface area contributed by atoms with Gasteiger partial charge in [0.2, 0.25) is 11.8 Å². The Balaban J connectivity index is 1.76. The average molecular weight is 408 g/mol. The Hall–Kier alpha value is -3.75. The quantitative estimate of drug-likeness (QED) is 0.621. The fourth-order valence-corrected chi connectivity index (χ4v) is 3.10. The SMILES string of the molecule is COc1ccc(C(CC(=O)Nc2ccc(C)c(-n3nnnc3C)c2)NC(C)=O)cc1. The van der Waals surface area contributed by atoms with E-state index in [9.17, 15) is 9.59 Å². The van der Waals surface area contributed by atoms with Gasteiger partial charge in [-0.2, -0.15) is 4.68 Å². The van der Waals surface area contributed by atoms with Gasteiger partial charge in [0.05, 0.1) is 25.3 Å². The van der Waals surface area contributed by atoms with Crippen LogP contribution in [0.2, 0.25) is 0 Å². The molecule has 0 saturated carbocycles. The molecule has 1 aromatic heterocycles. The lowest BCUT2D eigenvalue weighted by atomic mass is 10.0. The van der Waals surface area contributed by atoms with Crippen LogP contribution in [0.25, 0.3) is 5.69 Å². The predicted octanol–water partition coefficient (Wildman–Crippen LogP) is 2.49. The molecular formula is C21H24N6O3. The van der Waals surface area contributed by atoms with Crippen molar-refractivity contribution < 1.29 is 14.3 Å². The first-order valence-corrected chi connectivity index (χ1v) is 9.44. The number of aryl methyl sites for hydroxylation is 2. The minimum Gasteiger partial charge on any atom is -0.497 e. The van der Waals surface area contributed by atoms with Gasteiger partial charge in [-0.05, 0) is 59.7 Å². The van der Waals surface area contributed by atoms with Crippen molar-refractivity contribution in [3.8, 4) is 11.4 Å². The second kappa shape index (κ2) is 9.17. The van der Waals surface area contributed by atoms with Crippen LogP contribution in [0.4, 0.5) is 5.69 Å². The Labute approximate surface area is 174 Å². The largest absolute Gasteiger partial charge is 0.497 e. The number of nitrogens with one attached hydrogen (secondary N) is 2. The van der Waals surface area contributed by atoms with E-state index in [1.54, 1.807) is 30.8 Å². The first-order chi connectivity index (χ1) is 14.4. The van der Waals surface area contributed by atoms with Crippen molar-refractivity contribution in [3.63, 3.8) is 0 Å². The standard InChI is InChI=1S/C21H24N6O3/c1-13-5-8-17(11-20(13)27-14(2)24-25-26-27)23-21(29)12-19(22-15(3)28)16-6-9-18(30-4)10-7-16/h5-11,19H,12H2,1-4H3,(H,22,28)(H,23,29). The molecule has 3 rings (SSSR count). The van der Waals surface area contributed by atoms with Gasteiger partial charge in [0, 0.05) is 12.6 Å². The molecule has 9 nitrogen and oxygen atoms in total. The van der Waals surface area contributed by atoms with Gasteiger partial charge in [-0.1, -0.05) is 18.2 Å². The van der Waals surface area contributed by atoms with E-state index < -0.39 is 6.04 Å². The highest BCUT2D eigenvalue weighted by Gasteiger charge is 2.18. The van der Waals surface area contributed by atoms with Crippen LogP contribution < -0.4 is 15.4 Å². The first kappa shape index (κ1) is 21.0. The second-order valence-corrected chi connectivity index (χ2v) is 6.92. The molecule has 0 aliphatic carbocycles. The first-order valence-electron chi connectivity index (χ1n) is 9.44. The molecular weight excluding hydrogens is 384 g/mol. The predicted molar refractivity (Wildman–Crippen MR) is 111 cm³/mol. The van der Waals surface area contributed by atoms with Crippen molar-refractivity contribution in [1.82, 2.24) is 25.5 Å². The molecule has 0 aliphatic rings. The van der Waals surface area contributed by atoms with Gasteiger partial charge in [0.1, 0.15) is 5.75 Å². The summed E-state index contributed by atoms with van der Waals surface area (Å²) in [5.41, 5.74) is 3.18. The molecule has 9 heteroatoms. The zero-order valence-corrected chi connectivity index (χ0v) is 17.3. The van der Waals surface area contributed by atoms with Gasteiger partial charge in [-0.3, -0.25) is 9.59 Å². The third kappa shape index (κ3) is 4.99. The second-order valence-electron chi connectivity index (χ2n) is 6.92. The lowest BCUT2D eigenvalue weighted by molar-refractivity contribution is -0.120. The number of amides is 2. The maximum absolute atomic E-state index is 12.7. The Morgan fingerprint density at radius 3 is 2.47 bits per heavy atom. The summed E-state index contributed by atoms with van der Waals surface area (Å²) in [6.07, 6.45) is 0.0824. The summed E-state index contributed by atoms with van der Waals surface area (Å²) >= 11 is 0. The molecule has 0 radical (unpaired) electrons. The van der Waals surface area contributed by atoms with Crippen LogP contribution in [0.5, 0.6) is 5.75 Å². The maximum Gasteiger partial charge on any atom is 0.226 e. The van der Waals surface area contributed by atoms with Gasteiger partial charge < -0.3 is 15.4 Å². The summed E-state index contributed by atoms with van der Waals surface area (Å²) < 4.78 is 6.78. The van der Waals surface area contributed by atoms with Gasteiger partial charge >= 0.3 is 0 Å². The van der Waals surface area contributed by atoms with Crippen LogP contribution in [-0.2, 0) is 9.59 Å². The fraction of sp³-hybridized carbons (Fsp3) is 0.286. The zero-order chi connectivity index (χ0) is 21.7. The molecule has 0 aliphatic heterocycles. The third-order valence-corrected chi connectivity index (χ3v) is 4.63. The highest BCUT2D eigenvalue weighted by molar-refractivity contribution is 5.92. The maximum atomic E-state index is 12.7. The number of aromatic nitrogens is 4. The molecule has 3 aromatic rings. The molecule has 2 amide bonds. The average Bonchev–Trinajstić information content (AvgIpc) is 3.14. The Bertz CT molecular complexity index is 1050. The summed E-state index contributed by atoms with van der Waals surface area (Å²) in [4.78, 5) is 24.4. The Morgan fingerprint density at radius 1 is 1.13 bits per heavy atom. The van der Waals surface area contributed by atoms with Crippen LogP contribution in [0.15, 0.2) is 42.5 Å². The summed E-state index contributed by atoms with van der Waals surface area (Å²) in [5.74, 6) is 0.907. The van der Waals surface area contributed by atoms with Crippen molar-refractivity contribution in [2.24, 2.45) is 0 Å². The summed E-state index contributed by atoms with van der Waals surface area (Å²) in [6.45, 7) is 5.17. The number of hydrogen-bond acceptors (Lipinski definition) is 6. The molecule has 0 fully saturated rings. The van der Waals surface area contributed by atoms with Crippen LogP contribution >= 0.6 is 0 Å². The zero-order valence-electron chi connectivity index (χ0n) is 17.3. The van der Waals surface area contributed by atoms with Crippen LogP contribution in [0.1, 0.15) is 36.3 Å². The number of methoxy groups -OCH3 is 1.